The standard InChI is InChI=1S/C8H9BrO/c9-6-2-1-4-8-5-3-7-10-8/h1,3-5,7H,2,6H2. The van der Waals surface area contributed by atoms with E-state index in [-0.39, 0.29) is 0 Å². The van der Waals surface area contributed by atoms with Crippen molar-refractivity contribution in [3.05, 3.63) is 30.2 Å². The van der Waals surface area contributed by atoms with Gasteiger partial charge in [-0.3, -0.25) is 0 Å². The first kappa shape index (κ1) is 7.61. The van der Waals surface area contributed by atoms with Crippen molar-refractivity contribution < 1.29 is 4.42 Å². The molecule has 1 aromatic rings. The molecule has 0 amide bonds. The summed E-state index contributed by atoms with van der Waals surface area (Å²) in [5.74, 6) is 0.918. The maximum absolute atomic E-state index is 5.08. The van der Waals surface area contributed by atoms with Gasteiger partial charge < -0.3 is 4.42 Å². The molecular formula is C8H9BrO. The van der Waals surface area contributed by atoms with Crippen LogP contribution in [-0.2, 0) is 0 Å². The summed E-state index contributed by atoms with van der Waals surface area (Å²) in [5.41, 5.74) is 0. The molecule has 10 heavy (non-hydrogen) atoms. The van der Waals surface area contributed by atoms with E-state index in [1.165, 1.54) is 0 Å². The minimum atomic E-state index is 0.918. The molecule has 0 fully saturated rings. The van der Waals surface area contributed by atoms with Crippen LogP contribution in [0.1, 0.15) is 12.2 Å². The number of rotatable bonds is 3. The second kappa shape index (κ2) is 4.34. The first-order chi connectivity index (χ1) is 4.93. The molecule has 0 unspecified atom stereocenters. The number of alkyl halides is 1. The minimum Gasteiger partial charge on any atom is -0.465 e. The number of hydrogen-bond acceptors (Lipinski definition) is 1. The molecule has 0 aliphatic carbocycles. The lowest BCUT2D eigenvalue weighted by Crippen LogP contribution is -1.65. The predicted octanol–water partition coefficient (Wildman–Crippen LogP) is 3.08. The van der Waals surface area contributed by atoms with Crippen LogP contribution >= 0.6 is 15.9 Å². The fourth-order valence-corrected chi connectivity index (χ4v) is 0.913. The molecule has 0 aliphatic rings. The summed E-state index contributed by atoms with van der Waals surface area (Å²) >= 11 is 3.33. The van der Waals surface area contributed by atoms with Gasteiger partial charge in [-0.15, -0.1) is 0 Å². The van der Waals surface area contributed by atoms with Crippen molar-refractivity contribution in [2.75, 3.05) is 5.33 Å². The van der Waals surface area contributed by atoms with E-state index in [2.05, 4.69) is 22.0 Å². The van der Waals surface area contributed by atoms with Gasteiger partial charge in [0.2, 0.25) is 0 Å². The van der Waals surface area contributed by atoms with Crippen molar-refractivity contribution in [3.63, 3.8) is 0 Å². The number of halogens is 1. The van der Waals surface area contributed by atoms with Gasteiger partial charge in [-0.1, -0.05) is 22.0 Å². The first-order valence-corrected chi connectivity index (χ1v) is 4.31. The van der Waals surface area contributed by atoms with E-state index in [1.54, 1.807) is 6.26 Å². The molecule has 54 valence electrons. The van der Waals surface area contributed by atoms with E-state index in [0.29, 0.717) is 0 Å². The SMILES string of the molecule is BrCCC=Cc1ccco1. The Hall–Kier alpha value is -0.500. The summed E-state index contributed by atoms with van der Waals surface area (Å²) in [4.78, 5) is 0. The third-order valence-electron chi connectivity index (χ3n) is 1.10. The Labute approximate surface area is 68.9 Å². The van der Waals surface area contributed by atoms with E-state index in [9.17, 15) is 0 Å². The molecule has 0 N–H and O–H groups in total. The lowest BCUT2D eigenvalue weighted by atomic mass is 10.3. The molecule has 0 aliphatic heterocycles. The van der Waals surface area contributed by atoms with Crippen LogP contribution in [0.25, 0.3) is 6.08 Å². The Bertz CT molecular complexity index is 189. The summed E-state index contributed by atoms with van der Waals surface area (Å²) in [7, 11) is 0. The predicted molar refractivity (Wildman–Crippen MR) is 46.2 cm³/mol. The van der Waals surface area contributed by atoms with Crippen LogP contribution < -0.4 is 0 Å². The molecule has 2 heteroatoms. The molecule has 0 spiro atoms. The fourth-order valence-electron chi connectivity index (χ4n) is 0.649. The van der Waals surface area contributed by atoms with E-state index < -0.39 is 0 Å². The van der Waals surface area contributed by atoms with Crippen molar-refractivity contribution >= 4 is 22.0 Å². The Kier molecular flexibility index (Phi) is 3.30. The van der Waals surface area contributed by atoms with Crippen LogP contribution in [-0.4, -0.2) is 5.33 Å². The Balaban J connectivity index is 2.40. The smallest absolute Gasteiger partial charge is 0.126 e. The number of hydrogen-bond donors (Lipinski definition) is 0. The maximum atomic E-state index is 5.08. The molecule has 0 aromatic carbocycles. The molecule has 1 aromatic heterocycles. The van der Waals surface area contributed by atoms with Gasteiger partial charge in [0.15, 0.2) is 0 Å². The van der Waals surface area contributed by atoms with Gasteiger partial charge in [-0.2, -0.15) is 0 Å². The highest BCUT2D eigenvalue weighted by Gasteiger charge is 1.84. The lowest BCUT2D eigenvalue weighted by molar-refractivity contribution is 0.557. The average molecular weight is 201 g/mol. The molecule has 1 heterocycles. The van der Waals surface area contributed by atoms with Gasteiger partial charge in [0, 0.05) is 5.33 Å². The van der Waals surface area contributed by atoms with Gasteiger partial charge in [0.25, 0.3) is 0 Å². The van der Waals surface area contributed by atoms with Crippen molar-refractivity contribution in [3.8, 4) is 0 Å². The highest BCUT2D eigenvalue weighted by molar-refractivity contribution is 9.09. The summed E-state index contributed by atoms with van der Waals surface area (Å²) in [5, 5.41) is 1.00. The summed E-state index contributed by atoms with van der Waals surface area (Å²) in [6.07, 6.45) is 6.77. The van der Waals surface area contributed by atoms with Gasteiger partial charge >= 0.3 is 0 Å². The van der Waals surface area contributed by atoms with Gasteiger partial charge in [0.05, 0.1) is 6.26 Å². The highest BCUT2D eigenvalue weighted by Crippen LogP contribution is 2.03. The summed E-state index contributed by atoms with van der Waals surface area (Å²) in [6, 6.07) is 3.82. The highest BCUT2D eigenvalue weighted by atomic mass is 79.9. The van der Waals surface area contributed by atoms with Crippen LogP contribution in [0.15, 0.2) is 28.9 Å². The topological polar surface area (TPSA) is 13.1 Å². The average Bonchev–Trinajstić information content (AvgIpc) is 2.41. The Morgan fingerprint density at radius 1 is 1.60 bits per heavy atom. The van der Waals surface area contributed by atoms with Gasteiger partial charge in [-0.25, -0.2) is 0 Å². The minimum absolute atomic E-state index is 0.918. The van der Waals surface area contributed by atoms with E-state index >= 15 is 0 Å². The number of allylic oxidation sites excluding steroid dienone is 1. The molecular weight excluding hydrogens is 192 g/mol. The van der Waals surface area contributed by atoms with Gasteiger partial charge in [0.1, 0.15) is 5.76 Å². The van der Waals surface area contributed by atoms with Crippen LogP contribution in [0, 0.1) is 0 Å². The molecule has 0 saturated carbocycles. The Morgan fingerprint density at radius 2 is 2.50 bits per heavy atom. The fraction of sp³-hybridized carbons (Fsp3) is 0.250. The quantitative estimate of drug-likeness (QED) is 0.685. The van der Waals surface area contributed by atoms with Crippen molar-refractivity contribution in [1.29, 1.82) is 0 Å². The van der Waals surface area contributed by atoms with E-state index in [4.69, 9.17) is 4.42 Å². The van der Waals surface area contributed by atoms with Crippen LogP contribution in [0.2, 0.25) is 0 Å². The monoisotopic (exact) mass is 200 g/mol. The summed E-state index contributed by atoms with van der Waals surface area (Å²) < 4.78 is 5.08. The molecule has 0 saturated heterocycles. The van der Waals surface area contributed by atoms with Crippen LogP contribution in [0.3, 0.4) is 0 Å². The molecule has 1 nitrogen and oxygen atoms in total. The summed E-state index contributed by atoms with van der Waals surface area (Å²) in [6.45, 7) is 0. The van der Waals surface area contributed by atoms with Crippen molar-refractivity contribution in [2.45, 2.75) is 6.42 Å². The largest absolute Gasteiger partial charge is 0.465 e. The van der Waals surface area contributed by atoms with Crippen LogP contribution in [0.5, 0.6) is 0 Å². The Morgan fingerprint density at radius 3 is 3.10 bits per heavy atom. The lowest BCUT2D eigenvalue weighted by Gasteiger charge is -1.82. The molecule has 0 radical (unpaired) electrons. The zero-order chi connectivity index (χ0) is 7.23. The second-order valence-electron chi connectivity index (χ2n) is 1.90. The van der Waals surface area contributed by atoms with Crippen LogP contribution in [0.4, 0.5) is 0 Å². The third kappa shape index (κ3) is 2.40. The zero-order valence-corrected chi connectivity index (χ0v) is 7.17. The van der Waals surface area contributed by atoms with E-state index in [1.807, 2.05) is 18.2 Å². The van der Waals surface area contributed by atoms with E-state index in [0.717, 1.165) is 17.5 Å². The second-order valence-corrected chi connectivity index (χ2v) is 2.69. The third-order valence-corrected chi connectivity index (χ3v) is 1.56. The maximum Gasteiger partial charge on any atom is 0.126 e. The first-order valence-electron chi connectivity index (χ1n) is 3.19. The molecule has 1 rings (SSSR count). The van der Waals surface area contributed by atoms with Crippen molar-refractivity contribution in [2.24, 2.45) is 0 Å². The molecule has 0 bridgehead atoms. The van der Waals surface area contributed by atoms with Gasteiger partial charge in [-0.05, 0) is 24.6 Å². The molecule has 0 atom stereocenters. The zero-order valence-electron chi connectivity index (χ0n) is 5.59. The normalized spacial score (nSPS) is 10.9. The number of furan rings is 1. The van der Waals surface area contributed by atoms with Crippen molar-refractivity contribution in [1.82, 2.24) is 0 Å².